The molecular weight excluding hydrogens is 240 g/mol. The molecule has 0 radical (unpaired) electrons. The first-order chi connectivity index (χ1) is 8.11. The molecule has 0 aromatic heterocycles. The lowest BCUT2D eigenvalue weighted by molar-refractivity contribution is -0.140. The highest BCUT2D eigenvalue weighted by atomic mass is 32.2. The van der Waals surface area contributed by atoms with Crippen molar-refractivity contribution in [1.82, 2.24) is 4.90 Å². The minimum absolute atomic E-state index is 0.319. The van der Waals surface area contributed by atoms with Gasteiger partial charge in [-0.3, -0.25) is 4.79 Å². The first kappa shape index (κ1) is 11.8. The van der Waals surface area contributed by atoms with Crippen LogP contribution < -0.4 is 5.73 Å². The maximum Gasteiger partial charge on any atom is 0.327 e. The quantitative estimate of drug-likeness (QED) is 0.763. The van der Waals surface area contributed by atoms with Gasteiger partial charge in [0.25, 0.3) is 5.91 Å². The lowest BCUT2D eigenvalue weighted by Crippen LogP contribution is -2.41. The number of carbonyl (C=O) groups is 2. The summed E-state index contributed by atoms with van der Waals surface area (Å²) in [6.45, 7) is 0. The molecule has 1 aliphatic heterocycles. The van der Waals surface area contributed by atoms with E-state index < -0.39 is 12.0 Å². The van der Waals surface area contributed by atoms with Crippen LogP contribution in [0, 0.1) is 0 Å². The molecule has 1 aliphatic rings. The lowest BCUT2D eigenvalue weighted by Gasteiger charge is -2.21. The summed E-state index contributed by atoms with van der Waals surface area (Å²) in [7, 11) is 0. The van der Waals surface area contributed by atoms with Crippen LogP contribution in [0.4, 0.5) is 5.69 Å². The van der Waals surface area contributed by atoms with Gasteiger partial charge in [0.05, 0.1) is 11.4 Å². The predicted molar refractivity (Wildman–Crippen MR) is 65.8 cm³/mol. The fraction of sp³-hybridized carbons (Fsp3) is 0.273. The highest BCUT2D eigenvalue weighted by Gasteiger charge is 2.35. The molecule has 1 atom stereocenters. The van der Waals surface area contributed by atoms with Gasteiger partial charge >= 0.3 is 5.97 Å². The van der Waals surface area contributed by atoms with Crippen molar-refractivity contribution in [2.45, 2.75) is 6.04 Å². The van der Waals surface area contributed by atoms with Crippen LogP contribution in [0.5, 0.6) is 0 Å². The van der Waals surface area contributed by atoms with Gasteiger partial charge in [0.15, 0.2) is 0 Å². The zero-order chi connectivity index (χ0) is 12.4. The van der Waals surface area contributed by atoms with E-state index in [4.69, 9.17) is 10.8 Å². The fourth-order valence-corrected chi connectivity index (χ4v) is 2.84. The van der Waals surface area contributed by atoms with Crippen molar-refractivity contribution in [2.24, 2.45) is 0 Å². The van der Waals surface area contributed by atoms with Crippen molar-refractivity contribution in [3.05, 3.63) is 29.8 Å². The third kappa shape index (κ3) is 2.21. The number of hydrogen-bond acceptors (Lipinski definition) is 4. The normalized spacial score (nSPS) is 19.3. The molecule has 90 valence electrons. The molecule has 1 aromatic carbocycles. The Labute approximate surface area is 103 Å². The number of rotatable bonds is 2. The molecule has 0 unspecified atom stereocenters. The summed E-state index contributed by atoms with van der Waals surface area (Å²) in [5.41, 5.74) is 6.44. The zero-order valence-electron chi connectivity index (χ0n) is 9.00. The van der Waals surface area contributed by atoms with Gasteiger partial charge in [-0.05, 0) is 12.1 Å². The minimum atomic E-state index is -0.974. The number of anilines is 1. The van der Waals surface area contributed by atoms with E-state index in [0.29, 0.717) is 22.9 Å². The Bertz CT molecular complexity index is 464. The van der Waals surface area contributed by atoms with Gasteiger partial charge in [-0.2, -0.15) is 0 Å². The summed E-state index contributed by atoms with van der Waals surface area (Å²) in [5, 5.41) is 9.01. The molecule has 1 heterocycles. The maximum atomic E-state index is 12.2. The molecule has 0 bridgehead atoms. The summed E-state index contributed by atoms with van der Waals surface area (Å²) in [5.74, 6) is -0.476. The Morgan fingerprint density at radius 2 is 2.12 bits per heavy atom. The van der Waals surface area contributed by atoms with Gasteiger partial charge in [0.2, 0.25) is 0 Å². The van der Waals surface area contributed by atoms with Gasteiger partial charge in [-0.1, -0.05) is 12.1 Å². The number of para-hydroxylation sites is 1. The summed E-state index contributed by atoms with van der Waals surface area (Å²) in [4.78, 5) is 24.5. The van der Waals surface area contributed by atoms with E-state index in [1.54, 1.807) is 24.3 Å². The molecule has 1 saturated heterocycles. The van der Waals surface area contributed by atoms with Crippen LogP contribution in [0.3, 0.4) is 0 Å². The van der Waals surface area contributed by atoms with Crippen molar-refractivity contribution >= 4 is 29.3 Å². The van der Waals surface area contributed by atoms with Crippen LogP contribution in [0.25, 0.3) is 0 Å². The van der Waals surface area contributed by atoms with E-state index in [0.717, 1.165) is 0 Å². The molecule has 1 amide bonds. The molecule has 2 rings (SSSR count). The number of carbonyl (C=O) groups excluding carboxylic acids is 1. The number of carboxylic acids is 1. The number of nitrogen functional groups attached to an aromatic ring is 1. The van der Waals surface area contributed by atoms with Crippen molar-refractivity contribution in [1.29, 1.82) is 0 Å². The number of nitrogens with two attached hydrogens (primary N) is 1. The fourth-order valence-electron chi connectivity index (χ4n) is 1.69. The number of amides is 1. The average Bonchev–Trinajstić information content (AvgIpc) is 2.77. The van der Waals surface area contributed by atoms with Crippen LogP contribution in [0.1, 0.15) is 10.4 Å². The van der Waals surface area contributed by atoms with Gasteiger partial charge in [0.1, 0.15) is 6.04 Å². The Balaban J connectivity index is 2.26. The highest BCUT2D eigenvalue weighted by Crippen LogP contribution is 2.24. The molecule has 0 spiro atoms. The molecule has 3 N–H and O–H groups in total. The third-order valence-electron chi connectivity index (χ3n) is 2.62. The van der Waals surface area contributed by atoms with Gasteiger partial charge < -0.3 is 15.7 Å². The third-order valence-corrected chi connectivity index (χ3v) is 3.63. The van der Waals surface area contributed by atoms with E-state index in [9.17, 15) is 9.59 Å². The zero-order valence-corrected chi connectivity index (χ0v) is 9.81. The van der Waals surface area contributed by atoms with Gasteiger partial charge in [-0.15, -0.1) is 11.8 Å². The van der Waals surface area contributed by atoms with Crippen LogP contribution >= 0.6 is 11.8 Å². The second-order valence-corrected chi connectivity index (χ2v) is 4.72. The summed E-state index contributed by atoms with van der Waals surface area (Å²) in [6.07, 6.45) is 0. The van der Waals surface area contributed by atoms with Gasteiger partial charge in [-0.25, -0.2) is 4.79 Å². The molecule has 0 aliphatic carbocycles. The largest absolute Gasteiger partial charge is 0.480 e. The monoisotopic (exact) mass is 252 g/mol. The summed E-state index contributed by atoms with van der Waals surface area (Å²) >= 11 is 1.43. The number of carboxylic acid groups (broad SMARTS) is 1. The second-order valence-electron chi connectivity index (χ2n) is 3.72. The van der Waals surface area contributed by atoms with E-state index >= 15 is 0 Å². The summed E-state index contributed by atoms with van der Waals surface area (Å²) < 4.78 is 0. The highest BCUT2D eigenvalue weighted by molar-refractivity contribution is 7.99. The SMILES string of the molecule is Nc1ccccc1C(=O)N1CSC[C@H]1C(=O)O. The number of aliphatic carboxylic acids is 1. The Kier molecular flexibility index (Phi) is 3.23. The van der Waals surface area contributed by atoms with E-state index in [2.05, 4.69) is 0 Å². The van der Waals surface area contributed by atoms with E-state index in [-0.39, 0.29) is 5.91 Å². The molecule has 0 saturated carbocycles. The van der Waals surface area contributed by atoms with Gasteiger partial charge in [0, 0.05) is 11.4 Å². The van der Waals surface area contributed by atoms with Crippen molar-refractivity contribution in [3.8, 4) is 0 Å². The van der Waals surface area contributed by atoms with E-state index in [1.807, 2.05) is 0 Å². The van der Waals surface area contributed by atoms with Crippen molar-refractivity contribution in [3.63, 3.8) is 0 Å². The van der Waals surface area contributed by atoms with Crippen LogP contribution in [0.2, 0.25) is 0 Å². The Morgan fingerprint density at radius 1 is 1.41 bits per heavy atom. The van der Waals surface area contributed by atoms with Crippen LogP contribution in [-0.2, 0) is 4.79 Å². The number of benzene rings is 1. The predicted octanol–water partition coefficient (Wildman–Crippen LogP) is 0.869. The lowest BCUT2D eigenvalue weighted by atomic mass is 10.1. The minimum Gasteiger partial charge on any atom is -0.480 e. The van der Waals surface area contributed by atoms with E-state index in [1.165, 1.54) is 16.7 Å². The van der Waals surface area contributed by atoms with Crippen molar-refractivity contribution < 1.29 is 14.7 Å². The number of hydrogen-bond donors (Lipinski definition) is 2. The topological polar surface area (TPSA) is 83.6 Å². The first-order valence-electron chi connectivity index (χ1n) is 5.07. The summed E-state index contributed by atoms with van der Waals surface area (Å²) in [6, 6.07) is 5.93. The maximum absolute atomic E-state index is 12.2. The smallest absolute Gasteiger partial charge is 0.327 e. The molecular formula is C11H12N2O3S. The van der Waals surface area contributed by atoms with Crippen LogP contribution in [0.15, 0.2) is 24.3 Å². The first-order valence-corrected chi connectivity index (χ1v) is 6.22. The molecule has 1 fully saturated rings. The van der Waals surface area contributed by atoms with Crippen molar-refractivity contribution in [2.75, 3.05) is 17.4 Å². The Morgan fingerprint density at radius 3 is 2.76 bits per heavy atom. The number of thioether (sulfide) groups is 1. The molecule has 1 aromatic rings. The standard InChI is InChI=1S/C11H12N2O3S/c12-8-4-2-1-3-7(8)10(14)13-6-17-5-9(13)11(15)16/h1-4,9H,5-6,12H2,(H,15,16)/t9-/m0/s1. The molecule has 17 heavy (non-hydrogen) atoms. The number of nitrogens with zero attached hydrogens (tertiary/aromatic N) is 1. The molecule has 5 nitrogen and oxygen atoms in total. The Hall–Kier alpha value is -1.69. The second kappa shape index (κ2) is 4.67. The average molecular weight is 252 g/mol. The van der Waals surface area contributed by atoms with Crippen LogP contribution in [-0.4, -0.2) is 39.6 Å². The molecule has 6 heteroatoms.